The van der Waals surface area contributed by atoms with Crippen LogP contribution in [0.5, 0.6) is 11.5 Å². The van der Waals surface area contributed by atoms with E-state index < -0.39 is 6.10 Å². The number of aliphatic hydroxyl groups excluding tert-OH is 1. The standard InChI is InChI=1S/C12H17NO3.BrH/c14-10-5-4-8(7-11(10)15)12(16)9-3-1-2-6-13-9;/h4-5,7,9,12-16H,1-3,6H2;1H/t9-,12+;/m1./s1. The molecule has 1 aliphatic heterocycles. The molecule has 1 aliphatic rings. The van der Waals surface area contributed by atoms with Gasteiger partial charge in [-0.3, -0.25) is 0 Å². The fourth-order valence-electron chi connectivity index (χ4n) is 2.11. The molecule has 0 radical (unpaired) electrons. The van der Waals surface area contributed by atoms with Gasteiger partial charge in [0.05, 0.1) is 6.10 Å². The molecule has 96 valence electrons. The molecule has 0 spiro atoms. The smallest absolute Gasteiger partial charge is 0.157 e. The lowest BCUT2D eigenvalue weighted by atomic mass is 9.95. The quantitative estimate of drug-likeness (QED) is 0.629. The molecule has 1 aromatic carbocycles. The van der Waals surface area contributed by atoms with E-state index in [1.54, 1.807) is 6.07 Å². The fourth-order valence-corrected chi connectivity index (χ4v) is 2.11. The molecule has 4 N–H and O–H groups in total. The van der Waals surface area contributed by atoms with E-state index in [4.69, 9.17) is 0 Å². The Hall–Kier alpha value is -0.780. The van der Waals surface area contributed by atoms with Gasteiger partial charge < -0.3 is 20.6 Å². The molecular weight excluding hydrogens is 286 g/mol. The average molecular weight is 304 g/mol. The summed E-state index contributed by atoms with van der Waals surface area (Å²) in [5, 5.41) is 31.9. The molecule has 5 heteroatoms. The molecule has 0 bridgehead atoms. The van der Waals surface area contributed by atoms with Crippen molar-refractivity contribution in [3.05, 3.63) is 23.8 Å². The number of piperidine rings is 1. The highest BCUT2D eigenvalue weighted by molar-refractivity contribution is 8.93. The van der Waals surface area contributed by atoms with Gasteiger partial charge in [-0.25, -0.2) is 0 Å². The van der Waals surface area contributed by atoms with Crippen LogP contribution in [-0.4, -0.2) is 27.9 Å². The van der Waals surface area contributed by atoms with Crippen LogP contribution in [-0.2, 0) is 0 Å². The van der Waals surface area contributed by atoms with Crippen molar-refractivity contribution in [3.8, 4) is 11.5 Å². The van der Waals surface area contributed by atoms with E-state index in [0.29, 0.717) is 5.56 Å². The van der Waals surface area contributed by atoms with Gasteiger partial charge in [0, 0.05) is 6.04 Å². The number of halogens is 1. The summed E-state index contributed by atoms with van der Waals surface area (Å²) in [6.07, 6.45) is 2.55. The number of hydrogen-bond acceptors (Lipinski definition) is 4. The Morgan fingerprint density at radius 1 is 1.18 bits per heavy atom. The van der Waals surface area contributed by atoms with Crippen LogP contribution >= 0.6 is 17.0 Å². The van der Waals surface area contributed by atoms with Crippen molar-refractivity contribution >= 4 is 17.0 Å². The third kappa shape index (κ3) is 3.34. The average Bonchev–Trinajstić information content (AvgIpc) is 2.33. The minimum absolute atomic E-state index is 0. The molecule has 2 rings (SSSR count). The lowest BCUT2D eigenvalue weighted by molar-refractivity contribution is 0.113. The maximum absolute atomic E-state index is 10.1. The van der Waals surface area contributed by atoms with Crippen LogP contribution in [0.15, 0.2) is 18.2 Å². The van der Waals surface area contributed by atoms with Gasteiger partial charge in [-0.15, -0.1) is 17.0 Å². The highest BCUT2D eigenvalue weighted by Crippen LogP contribution is 2.30. The van der Waals surface area contributed by atoms with Crippen molar-refractivity contribution in [2.45, 2.75) is 31.4 Å². The third-order valence-corrected chi connectivity index (χ3v) is 3.07. The summed E-state index contributed by atoms with van der Waals surface area (Å²) in [4.78, 5) is 0. The van der Waals surface area contributed by atoms with Crippen molar-refractivity contribution in [2.75, 3.05) is 6.54 Å². The van der Waals surface area contributed by atoms with Gasteiger partial charge in [-0.1, -0.05) is 12.5 Å². The summed E-state index contributed by atoms with van der Waals surface area (Å²) in [6.45, 7) is 0.922. The largest absolute Gasteiger partial charge is 0.504 e. The maximum Gasteiger partial charge on any atom is 0.157 e. The number of nitrogens with one attached hydrogen (secondary N) is 1. The predicted octanol–water partition coefficient (Wildman–Crippen LogP) is 1.85. The monoisotopic (exact) mass is 303 g/mol. The summed E-state index contributed by atoms with van der Waals surface area (Å²) in [6, 6.07) is 4.49. The Kier molecular flexibility index (Phi) is 5.24. The van der Waals surface area contributed by atoms with Crippen molar-refractivity contribution in [1.82, 2.24) is 5.32 Å². The second-order valence-electron chi connectivity index (χ2n) is 4.25. The van der Waals surface area contributed by atoms with E-state index in [2.05, 4.69) is 5.32 Å². The molecular formula is C12H18BrNO3. The van der Waals surface area contributed by atoms with Gasteiger partial charge >= 0.3 is 0 Å². The highest BCUT2D eigenvalue weighted by atomic mass is 79.9. The Morgan fingerprint density at radius 3 is 2.53 bits per heavy atom. The highest BCUT2D eigenvalue weighted by Gasteiger charge is 2.23. The first-order valence-electron chi connectivity index (χ1n) is 5.62. The molecule has 1 aromatic rings. The topological polar surface area (TPSA) is 72.7 Å². The number of phenols is 2. The molecule has 0 aromatic heterocycles. The molecule has 0 saturated carbocycles. The Morgan fingerprint density at radius 2 is 1.94 bits per heavy atom. The van der Waals surface area contributed by atoms with Gasteiger partial charge in [-0.2, -0.15) is 0 Å². The predicted molar refractivity (Wildman–Crippen MR) is 70.7 cm³/mol. The van der Waals surface area contributed by atoms with E-state index in [-0.39, 0.29) is 34.5 Å². The number of hydrogen-bond donors (Lipinski definition) is 4. The van der Waals surface area contributed by atoms with Gasteiger partial charge in [0.15, 0.2) is 11.5 Å². The zero-order valence-corrected chi connectivity index (χ0v) is 11.2. The van der Waals surface area contributed by atoms with Gasteiger partial charge in [-0.05, 0) is 37.1 Å². The van der Waals surface area contributed by atoms with E-state index in [1.165, 1.54) is 12.1 Å². The molecule has 17 heavy (non-hydrogen) atoms. The molecule has 0 unspecified atom stereocenters. The second-order valence-corrected chi connectivity index (χ2v) is 4.25. The Balaban J connectivity index is 0.00000144. The molecule has 1 saturated heterocycles. The SMILES string of the molecule is Br.Oc1ccc([C@H](O)[C@H]2CCCCN2)cc1O. The van der Waals surface area contributed by atoms with Crippen LogP contribution in [0, 0.1) is 0 Å². The van der Waals surface area contributed by atoms with Crippen LogP contribution < -0.4 is 5.32 Å². The fraction of sp³-hybridized carbons (Fsp3) is 0.500. The number of phenolic OH excluding ortho intramolecular Hbond substituents is 2. The van der Waals surface area contributed by atoms with E-state index in [0.717, 1.165) is 25.8 Å². The van der Waals surface area contributed by atoms with Crippen LogP contribution in [0.1, 0.15) is 30.9 Å². The van der Waals surface area contributed by atoms with Crippen molar-refractivity contribution < 1.29 is 15.3 Å². The van der Waals surface area contributed by atoms with Crippen molar-refractivity contribution in [1.29, 1.82) is 0 Å². The minimum atomic E-state index is -0.633. The van der Waals surface area contributed by atoms with Gasteiger partial charge in [0.1, 0.15) is 0 Å². The zero-order chi connectivity index (χ0) is 11.5. The summed E-state index contributed by atoms with van der Waals surface area (Å²) in [5.74, 6) is -0.347. The molecule has 0 amide bonds. The third-order valence-electron chi connectivity index (χ3n) is 3.07. The van der Waals surface area contributed by atoms with Crippen LogP contribution in [0.25, 0.3) is 0 Å². The summed E-state index contributed by atoms with van der Waals surface area (Å²) < 4.78 is 0. The van der Waals surface area contributed by atoms with Crippen LogP contribution in [0.2, 0.25) is 0 Å². The molecule has 0 aliphatic carbocycles. The first-order valence-corrected chi connectivity index (χ1v) is 5.62. The second kappa shape index (κ2) is 6.23. The number of aliphatic hydroxyl groups is 1. The molecule has 4 nitrogen and oxygen atoms in total. The summed E-state index contributed by atoms with van der Waals surface area (Å²) >= 11 is 0. The van der Waals surface area contributed by atoms with Gasteiger partial charge in [0.25, 0.3) is 0 Å². The van der Waals surface area contributed by atoms with E-state index >= 15 is 0 Å². The van der Waals surface area contributed by atoms with Crippen molar-refractivity contribution in [3.63, 3.8) is 0 Å². The van der Waals surface area contributed by atoms with E-state index in [9.17, 15) is 15.3 Å². The van der Waals surface area contributed by atoms with Gasteiger partial charge in [0.2, 0.25) is 0 Å². The van der Waals surface area contributed by atoms with E-state index in [1.807, 2.05) is 0 Å². The Bertz CT molecular complexity index is 367. The zero-order valence-electron chi connectivity index (χ0n) is 9.47. The molecule has 2 atom stereocenters. The van der Waals surface area contributed by atoms with Crippen molar-refractivity contribution in [2.24, 2.45) is 0 Å². The Labute approximate surface area is 111 Å². The normalized spacial score (nSPS) is 21.6. The number of aromatic hydroxyl groups is 2. The first-order chi connectivity index (χ1) is 7.68. The lowest BCUT2D eigenvalue weighted by Crippen LogP contribution is -2.38. The molecule has 1 heterocycles. The minimum Gasteiger partial charge on any atom is -0.504 e. The van der Waals surface area contributed by atoms with Crippen LogP contribution in [0.3, 0.4) is 0 Å². The number of benzene rings is 1. The van der Waals surface area contributed by atoms with Crippen LogP contribution in [0.4, 0.5) is 0 Å². The molecule has 1 fully saturated rings. The summed E-state index contributed by atoms with van der Waals surface area (Å²) in [7, 11) is 0. The number of rotatable bonds is 2. The first kappa shape index (κ1) is 14.3. The maximum atomic E-state index is 10.1. The lowest BCUT2D eigenvalue weighted by Gasteiger charge is -2.28. The summed E-state index contributed by atoms with van der Waals surface area (Å²) in [5.41, 5.74) is 0.634.